The van der Waals surface area contributed by atoms with E-state index in [-0.39, 0.29) is 0 Å². The molecule has 0 N–H and O–H groups in total. The van der Waals surface area contributed by atoms with Crippen LogP contribution in [0, 0.1) is 17.2 Å². The van der Waals surface area contributed by atoms with E-state index < -0.39 is 0 Å². The third-order valence-corrected chi connectivity index (χ3v) is 5.66. The largest absolute Gasteiger partial charge is 0.492 e. The van der Waals surface area contributed by atoms with Crippen molar-refractivity contribution in [2.45, 2.75) is 90.4 Å². The maximum absolute atomic E-state index is 9.48. The number of hydrogen-bond acceptors (Lipinski definition) is 2. The van der Waals surface area contributed by atoms with E-state index in [2.05, 4.69) is 32.0 Å². The van der Waals surface area contributed by atoms with Crippen molar-refractivity contribution in [3.63, 3.8) is 0 Å². The molecule has 0 spiro atoms. The van der Waals surface area contributed by atoms with Gasteiger partial charge in [0, 0.05) is 0 Å². The van der Waals surface area contributed by atoms with Gasteiger partial charge in [-0.2, -0.15) is 5.26 Å². The normalized spacial score (nSPS) is 20.2. The fraction of sp³-hybridized carbons (Fsp3) is 0.696. The smallest absolute Gasteiger partial charge is 0.137 e. The van der Waals surface area contributed by atoms with Crippen LogP contribution < -0.4 is 4.74 Å². The van der Waals surface area contributed by atoms with Crippen molar-refractivity contribution in [1.82, 2.24) is 0 Å². The lowest BCUT2D eigenvalue weighted by Gasteiger charge is -2.29. The van der Waals surface area contributed by atoms with E-state index in [0.717, 1.165) is 18.1 Å². The molecule has 0 amide bonds. The molecule has 25 heavy (non-hydrogen) atoms. The lowest BCUT2D eigenvalue weighted by molar-refractivity contribution is 0.300. The third kappa shape index (κ3) is 6.38. The van der Waals surface area contributed by atoms with Crippen molar-refractivity contribution in [2.24, 2.45) is 5.92 Å². The molecule has 0 aliphatic heterocycles. The number of ether oxygens (including phenoxy) is 1. The second kappa shape index (κ2) is 11.2. The van der Waals surface area contributed by atoms with Gasteiger partial charge >= 0.3 is 0 Å². The van der Waals surface area contributed by atoms with Gasteiger partial charge in [0.05, 0.1) is 12.2 Å². The lowest BCUT2D eigenvalue weighted by Crippen LogP contribution is -2.13. The minimum atomic E-state index is 0.628. The highest BCUT2D eigenvalue weighted by Gasteiger charge is 2.22. The summed E-state index contributed by atoms with van der Waals surface area (Å²) in [6.07, 6.45) is 14.2. The van der Waals surface area contributed by atoms with Crippen LogP contribution >= 0.6 is 0 Å². The standard InChI is InChI=1S/C23H35NO/c1-3-5-7-9-19-10-12-20(13-11-19)21-14-15-23(22(17-21)18-24)25-16-8-6-4-2/h14-15,17,19-20H,3-13,16H2,1-2H3/t19-,20-. The summed E-state index contributed by atoms with van der Waals surface area (Å²) in [5.74, 6) is 2.32. The quantitative estimate of drug-likeness (QED) is 0.430. The Morgan fingerprint density at radius 1 is 1.00 bits per heavy atom. The van der Waals surface area contributed by atoms with Gasteiger partial charge in [-0.25, -0.2) is 0 Å². The minimum Gasteiger partial charge on any atom is -0.492 e. The highest BCUT2D eigenvalue weighted by atomic mass is 16.5. The zero-order valence-corrected chi connectivity index (χ0v) is 16.2. The molecule has 1 aromatic carbocycles. The summed E-state index contributed by atoms with van der Waals surface area (Å²) in [6, 6.07) is 8.63. The Balaban J connectivity index is 1.87. The highest BCUT2D eigenvalue weighted by molar-refractivity contribution is 5.46. The van der Waals surface area contributed by atoms with Crippen LogP contribution in [0.2, 0.25) is 0 Å². The molecule has 1 saturated carbocycles. The molecule has 1 aromatic rings. The molecule has 0 unspecified atom stereocenters. The summed E-state index contributed by atoms with van der Waals surface area (Å²) in [4.78, 5) is 0. The lowest BCUT2D eigenvalue weighted by atomic mass is 9.77. The predicted molar refractivity (Wildman–Crippen MR) is 105 cm³/mol. The Hall–Kier alpha value is -1.49. The second-order valence-corrected chi connectivity index (χ2v) is 7.64. The number of nitrogens with zero attached hydrogens (tertiary/aromatic N) is 1. The SMILES string of the molecule is CCCCCOc1ccc([C@H]2CC[C@H](CCCCC)CC2)cc1C#N. The maximum atomic E-state index is 9.48. The minimum absolute atomic E-state index is 0.628. The van der Waals surface area contributed by atoms with Crippen LogP contribution in [0.15, 0.2) is 18.2 Å². The van der Waals surface area contributed by atoms with Crippen molar-refractivity contribution in [1.29, 1.82) is 5.26 Å². The zero-order chi connectivity index (χ0) is 17.9. The van der Waals surface area contributed by atoms with E-state index in [0.29, 0.717) is 18.1 Å². The van der Waals surface area contributed by atoms with Crippen LogP contribution in [0.5, 0.6) is 5.75 Å². The first-order chi connectivity index (χ1) is 12.3. The average Bonchev–Trinajstić information content (AvgIpc) is 2.66. The van der Waals surface area contributed by atoms with E-state index in [9.17, 15) is 5.26 Å². The summed E-state index contributed by atoms with van der Waals surface area (Å²) in [6.45, 7) is 5.18. The Morgan fingerprint density at radius 3 is 2.40 bits per heavy atom. The molecule has 2 nitrogen and oxygen atoms in total. The number of hydrogen-bond donors (Lipinski definition) is 0. The highest BCUT2D eigenvalue weighted by Crippen LogP contribution is 2.38. The van der Waals surface area contributed by atoms with Crippen LogP contribution in [0.4, 0.5) is 0 Å². The summed E-state index contributed by atoms with van der Waals surface area (Å²) < 4.78 is 5.82. The van der Waals surface area contributed by atoms with E-state index in [1.54, 1.807) is 0 Å². The first-order valence-corrected chi connectivity index (χ1v) is 10.4. The van der Waals surface area contributed by atoms with Crippen molar-refractivity contribution in [3.8, 4) is 11.8 Å². The number of rotatable bonds is 10. The van der Waals surface area contributed by atoms with Gasteiger partial charge in [0.25, 0.3) is 0 Å². The monoisotopic (exact) mass is 341 g/mol. The Kier molecular flexibility index (Phi) is 8.87. The van der Waals surface area contributed by atoms with Crippen LogP contribution in [0.25, 0.3) is 0 Å². The van der Waals surface area contributed by atoms with Crippen LogP contribution in [0.1, 0.15) is 102 Å². The van der Waals surface area contributed by atoms with Crippen molar-refractivity contribution >= 4 is 0 Å². The van der Waals surface area contributed by atoms with Crippen LogP contribution in [-0.2, 0) is 0 Å². The maximum Gasteiger partial charge on any atom is 0.137 e. The molecule has 0 aromatic heterocycles. The van der Waals surface area contributed by atoms with Crippen molar-refractivity contribution < 1.29 is 4.74 Å². The van der Waals surface area contributed by atoms with Crippen molar-refractivity contribution in [2.75, 3.05) is 6.61 Å². The first kappa shape index (κ1) is 19.8. The van der Waals surface area contributed by atoms with Gasteiger partial charge in [0.1, 0.15) is 11.8 Å². The molecule has 2 heteroatoms. The summed E-state index contributed by atoms with van der Waals surface area (Å²) in [5.41, 5.74) is 2.04. The molecule has 0 bridgehead atoms. The second-order valence-electron chi connectivity index (χ2n) is 7.64. The molecule has 2 rings (SSSR count). The molecule has 1 aliphatic carbocycles. The number of benzene rings is 1. The van der Waals surface area contributed by atoms with Gasteiger partial charge in [0.2, 0.25) is 0 Å². The van der Waals surface area contributed by atoms with Gasteiger partial charge in [-0.05, 0) is 61.6 Å². The summed E-state index contributed by atoms with van der Waals surface area (Å²) in [7, 11) is 0. The molecule has 138 valence electrons. The fourth-order valence-corrected chi connectivity index (χ4v) is 4.02. The van der Waals surface area contributed by atoms with Gasteiger partial charge in [-0.15, -0.1) is 0 Å². The molecular formula is C23H35NO. The van der Waals surface area contributed by atoms with Crippen LogP contribution in [-0.4, -0.2) is 6.61 Å². The van der Waals surface area contributed by atoms with Gasteiger partial charge in [-0.1, -0.05) is 58.4 Å². The topological polar surface area (TPSA) is 33.0 Å². The molecule has 1 aliphatic rings. The molecule has 0 atom stereocenters. The van der Waals surface area contributed by atoms with Gasteiger partial charge < -0.3 is 4.74 Å². The third-order valence-electron chi connectivity index (χ3n) is 5.66. The first-order valence-electron chi connectivity index (χ1n) is 10.4. The van der Waals surface area contributed by atoms with Crippen LogP contribution in [0.3, 0.4) is 0 Å². The summed E-state index contributed by atoms with van der Waals surface area (Å²) >= 11 is 0. The van der Waals surface area contributed by atoms with E-state index in [4.69, 9.17) is 4.74 Å². The van der Waals surface area contributed by atoms with E-state index in [1.165, 1.54) is 69.8 Å². The molecule has 0 saturated heterocycles. The number of unbranched alkanes of at least 4 members (excludes halogenated alkanes) is 4. The predicted octanol–water partition coefficient (Wildman–Crippen LogP) is 6.98. The Labute approximate surface area is 154 Å². The zero-order valence-electron chi connectivity index (χ0n) is 16.2. The fourth-order valence-electron chi connectivity index (χ4n) is 4.02. The van der Waals surface area contributed by atoms with Gasteiger partial charge in [-0.3, -0.25) is 0 Å². The summed E-state index contributed by atoms with van der Waals surface area (Å²) in [5, 5.41) is 9.48. The van der Waals surface area contributed by atoms with Crippen molar-refractivity contribution in [3.05, 3.63) is 29.3 Å². The van der Waals surface area contributed by atoms with E-state index >= 15 is 0 Å². The molecule has 1 fully saturated rings. The number of nitriles is 1. The molecule has 0 radical (unpaired) electrons. The molecular weight excluding hydrogens is 306 g/mol. The van der Waals surface area contributed by atoms with Gasteiger partial charge in [0.15, 0.2) is 0 Å². The molecule has 0 heterocycles. The Morgan fingerprint density at radius 2 is 1.72 bits per heavy atom. The average molecular weight is 342 g/mol. The van der Waals surface area contributed by atoms with E-state index in [1.807, 2.05) is 6.07 Å². The Bertz CT molecular complexity index is 538.